The van der Waals surface area contributed by atoms with E-state index in [1.165, 1.54) is 36.8 Å². The van der Waals surface area contributed by atoms with Crippen LogP contribution in [0, 0.1) is 6.92 Å². The van der Waals surface area contributed by atoms with Crippen molar-refractivity contribution in [3.8, 4) is 0 Å². The van der Waals surface area contributed by atoms with E-state index in [4.69, 9.17) is 10.3 Å². The number of nitrogens with one attached hydrogen (secondary N) is 1. The van der Waals surface area contributed by atoms with Gasteiger partial charge in [0.05, 0.1) is 6.04 Å². The first-order valence-electron chi connectivity index (χ1n) is 7.40. The van der Waals surface area contributed by atoms with E-state index in [2.05, 4.69) is 36.6 Å². The van der Waals surface area contributed by atoms with E-state index in [1.807, 2.05) is 6.07 Å². The summed E-state index contributed by atoms with van der Waals surface area (Å²) in [5.41, 5.74) is 6.58. The summed E-state index contributed by atoms with van der Waals surface area (Å²) in [6.45, 7) is 2.09. The summed E-state index contributed by atoms with van der Waals surface area (Å²) in [4.78, 5) is 0. The van der Waals surface area contributed by atoms with Crippen LogP contribution in [0.3, 0.4) is 0 Å². The third-order valence-electron chi connectivity index (χ3n) is 4.09. The molecule has 1 atom stereocenters. The molecule has 0 fully saturated rings. The Morgan fingerprint density at radius 1 is 1.30 bits per heavy atom. The number of allylic oxidation sites excluding steroid dienone is 1. The minimum Gasteiger partial charge on any atom is -0.459 e. The second-order valence-corrected chi connectivity index (χ2v) is 5.72. The first kappa shape index (κ1) is 13.4. The number of aryl methyl sites for hydroxylation is 1. The quantitative estimate of drug-likeness (QED) is 0.499. The first-order chi connectivity index (χ1) is 9.76. The molecule has 20 heavy (non-hydrogen) atoms. The van der Waals surface area contributed by atoms with Gasteiger partial charge in [-0.2, -0.15) is 0 Å². The van der Waals surface area contributed by atoms with E-state index in [-0.39, 0.29) is 6.04 Å². The maximum Gasteiger partial charge on any atom is 0.134 e. The summed E-state index contributed by atoms with van der Waals surface area (Å²) < 4.78 is 5.95. The van der Waals surface area contributed by atoms with Crippen LogP contribution < -0.4 is 11.3 Å². The van der Waals surface area contributed by atoms with Gasteiger partial charge in [0, 0.05) is 5.39 Å². The highest BCUT2D eigenvalue weighted by Crippen LogP contribution is 2.30. The van der Waals surface area contributed by atoms with Gasteiger partial charge in [0.15, 0.2) is 0 Å². The minimum absolute atomic E-state index is 0.0621. The van der Waals surface area contributed by atoms with E-state index in [0.717, 1.165) is 23.2 Å². The topological polar surface area (TPSA) is 51.2 Å². The number of benzene rings is 1. The zero-order chi connectivity index (χ0) is 13.9. The molecule has 1 aromatic heterocycles. The Morgan fingerprint density at radius 2 is 2.20 bits per heavy atom. The van der Waals surface area contributed by atoms with E-state index >= 15 is 0 Å². The largest absolute Gasteiger partial charge is 0.459 e. The van der Waals surface area contributed by atoms with Gasteiger partial charge < -0.3 is 4.42 Å². The molecular weight excluding hydrogens is 248 g/mol. The average Bonchev–Trinajstić information content (AvgIpc) is 2.88. The summed E-state index contributed by atoms with van der Waals surface area (Å²) in [6, 6.07) is 8.42. The lowest BCUT2D eigenvalue weighted by Crippen LogP contribution is -2.28. The minimum atomic E-state index is 0.0621. The fourth-order valence-corrected chi connectivity index (χ4v) is 2.95. The predicted molar refractivity (Wildman–Crippen MR) is 82.2 cm³/mol. The van der Waals surface area contributed by atoms with E-state index in [9.17, 15) is 0 Å². The summed E-state index contributed by atoms with van der Waals surface area (Å²) in [5.74, 6) is 6.67. The molecule has 0 spiro atoms. The van der Waals surface area contributed by atoms with Crippen LogP contribution in [0.4, 0.5) is 0 Å². The fourth-order valence-electron chi connectivity index (χ4n) is 2.95. The summed E-state index contributed by atoms with van der Waals surface area (Å²) in [7, 11) is 0. The third-order valence-corrected chi connectivity index (χ3v) is 4.09. The van der Waals surface area contributed by atoms with Gasteiger partial charge in [0.25, 0.3) is 0 Å². The number of rotatable bonds is 4. The van der Waals surface area contributed by atoms with Gasteiger partial charge in [-0.3, -0.25) is 5.84 Å². The van der Waals surface area contributed by atoms with Crippen molar-refractivity contribution in [2.45, 2.75) is 45.1 Å². The second kappa shape index (κ2) is 5.81. The van der Waals surface area contributed by atoms with Crippen LogP contribution in [-0.4, -0.2) is 0 Å². The van der Waals surface area contributed by atoms with Crippen LogP contribution >= 0.6 is 0 Å². The van der Waals surface area contributed by atoms with Gasteiger partial charge in [-0.05, 0) is 57.2 Å². The molecular formula is C17H22N2O. The summed E-state index contributed by atoms with van der Waals surface area (Å²) >= 11 is 0. The molecule has 3 nitrogen and oxygen atoms in total. The molecule has 0 amide bonds. The molecule has 0 saturated heterocycles. The molecule has 106 valence electrons. The highest BCUT2D eigenvalue weighted by molar-refractivity contribution is 5.78. The zero-order valence-corrected chi connectivity index (χ0v) is 12.0. The Kier molecular flexibility index (Phi) is 3.90. The highest BCUT2D eigenvalue weighted by atomic mass is 16.3. The van der Waals surface area contributed by atoms with Crippen LogP contribution in [0.15, 0.2) is 40.3 Å². The third kappa shape index (κ3) is 2.79. The SMILES string of the molecule is Cc1ccc2oc(C(CC3=CCCCC3)NN)cc2c1. The van der Waals surface area contributed by atoms with Crippen molar-refractivity contribution in [2.24, 2.45) is 5.84 Å². The Hall–Kier alpha value is -1.58. The number of furan rings is 1. The number of hydrogen-bond donors (Lipinski definition) is 2. The number of nitrogens with two attached hydrogens (primary N) is 1. The maximum atomic E-state index is 5.95. The molecule has 1 heterocycles. The average molecular weight is 270 g/mol. The number of hydrazine groups is 1. The molecule has 0 aliphatic heterocycles. The van der Waals surface area contributed by atoms with Crippen molar-refractivity contribution in [3.63, 3.8) is 0 Å². The number of fused-ring (bicyclic) bond motifs is 1. The lowest BCUT2D eigenvalue weighted by molar-refractivity contribution is 0.427. The molecule has 0 bridgehead atoms. The van der Waals surface area contributed by atoms with E-state index in [1.54, 1.807) is 0 Å². The Bertz CT molecular complexity index is 627. The molecule has 1 unspecified atom stereocenters. The Morgan fingerprint density at radius 3 is 2.95 bits per heavy atom. The van der Waals surface area contributed by atoms with Crippen molar-refractivity contribution in [2.75, 3.05) is 0 Å². The lowest BCUT2D eigenvalue weighted by Gasteiger charge is -2.18. The van der Waals surface area contributed by atoms with Crippen LogP contribution in [0.2, 0.25) is 0 Å². The summed E-state index contributed by atoms with van der Waals surface area (Å²) in [5, 5.41) is 1.15. The van der Waals surface area contributed by atoms with Crippen molar-refractivity contribution in [3.05, 3.63) is 47.2 Å². The number of hydrogen-bond acceptors (Lipinski definition) is 3. The monoisotopic (exact) mass is 270 g/mol. The molecule has 3 heteroatoms. The standard InChI is InChI=1S/C17H22N2O/c1-12-7-8-16-14(9-12)11-17(20-16)15(19-18)10-13-5-3-2-4-6-13/h5,7-9,11,15,19H,2-4,6,10,18H2,1H3. The molecule has 2 aromatic rings. The van der Waals surface area contributed by atoms with Crippen molar-refractivity contribution in [1.29, 1.82) is 0 Å². The van der Waals surface area contributed by atoms with Gasteiger partial charge in [0.2, 0.25) is 0 Å². The molecule has 0 radical (unpaired) electrons. The maximum absolute atomic E-state index is 5.95. The fraction of sp³-hybridized carbons (Fsp3) is 0.412. The van der Waals surface area contributed by atoms with Gasteiger partial charge in [-0.1, -0.05) is 23.3 Å². The highest BCUT2D eigenvalue weighted by Gasteiger charge is 2.17. The second-order valence-electron chi connectivity index (χ2n) is 5.72. The lowest BCUT2D eigenvalue weighted by atomic mass is 9.93. The molecule has 1 aliphatic rings. The van der Waals surface area contributed by atoms with Crippen molar-refractivity contribution >= 4 is 11.0 Å². The van der Waals surface area contributed by atoms with Gasteiger partial charge in [-0.25, -0.2) is 5.43 Å². The molecule has 1 aromatic carbocycles. The zero-order valence-electron chi connectivity index (χ0n) is 12.0. The predicted octanol–water partition coefficient (Wildman–Crippen LogP) is 4.14. The normalized spacial score (nSPS) is 17.2. The molecule has 0 saturated carbocycles. The van der Waals surface area contributed by atoms with Crippen molar-refractivity contribution in [1.82, 2.24) is 5.43 Å². The van der Waals surface area contributed by atoms with Crippen molar-refractivity contribution < 1.29 is 4.42 Å². The summed E-state index contributed by atoms with van der Waals surface area (Å²) in [6.07, 6.45) is 8.30. The molecule has 3 N–H and O–H groups in total. The first-order valence-corrected chi connectivity index (χ1v) is 7.40. The van der Waals surface area contributed by atoms with Crippen LogP contribution in [0.25, 0.3) is 11.0 Å². The molecule has 1 aliphatic carbocycles. The van der Waals surface area contributed by atoms with Gasteiger partial charge in [-0.15, -0.1) is 0 Å². The van der Waals surface area contributed by atoms with E-state index in [0.29, 0.717) is 0 Å². The Balaban J connectivity index is 1.84. The van der Waals surface area contributed by atoms with E-state index < -0.39 is 0 Å². The van der Waals surface area contributed by atoms with Gasteiger partial charge in [0.1, 0.15) is 11.3 Å². The van der Waals surface area contributed by atoms with Crippen LogP contribution in [0.1, 0.15) is 49.5 Å². The Labute approximate surface area is 119 Å². The smallest absolute Gasteiger partial charge is 0.134 e. The van der Waals surface area contributed by atoms with Crippen LogP contribution in [0.5, 0.6) is 0 Å². The molecule has 3 rings (SSSR count). The van der Waals surface area contributed by atoms with Crippen LogP contribution in [-0.2, 0) is 0 Å². The van der Waals surface area contributed by atoms with Gasteiger partial charge >= 0.3 is 0 Å².